The van der Waals surface area contributed by atoms with E-state index >= 15 is 0 Å². The van der Waals surface area contributed by atoms with Gasteiger partial charge in [0, 0.05) is 34.5 Å². The van der Waals surface area contributed by atoms with E-state index in [1.54, 1.807) is 0 Å². The van der Waals surface area contributed by atoms with Crippen LogP contribution >= 0.6 is 0 Å². The first-order valence-corrected chi connectivity index (χ1v) is 11.8. The van der Waals surface area contributed by atoms with Gasteiger partial charge in [0.15, 0.2) is 11.5 Å². The summed E-state index contributed by atoms with van der Waals surface area (Å²) >= 11 is 0. The number of fused-ring (bicyclic) bond motifs is 1. The van der Waals surface area contributed by atoms with Crippen LogP contribution in [-0.4, -0.2) is 51.4 Å². The van der Waals surface area contributed by atoms with Crippen LogP contribution in [0.4, 0.5) is 0 Å². The minimum absolute atomic E-state index is 0.205. The maximum Gasteiger partial charge on any atom is 0.166 e. The van der Waals surface area contributed by atoms with Gasteiger partial charge in [-0.1, -0.05) is 42.5 Å². The summed E-state index contributed by atoms with van der Waals surface area (Å²) in [7, 11) is 2.20. The average molecular weight is 443 g/mol. The van der Waals surface area contributed by atoms with E-state index < -0.39 is 5.60 Å². The number of aliphatic hydroxyl groups is 1. The Labute approximate surface area is 194 Å². The molecule has 2 aliphatic carbocycles. The van der Waals surface area contributed by atoms with E-state index in [4.69, 9.17) is 4.74 Å². The summed E-state index contributed by atoms with van der Waals surface area (Å²) in [5.74, 6) is 1.21. The van der Waals surface area contributed by atoms with E-state index in [1.165, 1.54) is 16.5 Å². The fourth-order valence-electron chi connectivity index (χ4n) is 6.74. The van der Waals surface area contributed by atoms with E-state index in [-0.39, 0.29) is 17.3 Å². The van der Waals surface area contributed by atoms with Crippen molar-refractivity contribution < 1.29 is 14.9 Å². The monoisotopic (exact) mass is 442 g/mol. The number of phenolic OH excluding ortho intramolecular Hbond substituents is 1. The summed E-state index contributed by atoms with van der Waals surface area (Å²) < 4.78 is 6.27. The Bertz CT molecular complexity index is 1220. The molecule has 0 radical (unpaired) electrons. The number of rotatable bonds is 0. The van der Waals surface area contributed by atoms with Crippen LogP contribution in [0.25, 0.3) is 10.9 Å². The van der Waals surface area contributed by atoms with Gasteiger partial charge in [-0.2, -0.15) is 0 Å². The summed E-state index contributed by atoms with van der Waals surface area (Å²) in [5.41, 5.74) is 3.17. The molecule has 2 N–H and O–H groups in total. The lowest BCUT2D eigenvalue weighted by Crippen LogP contribution is -2.67. The van der Waals surface area contributed by atoms with Gasteiger partial charge in [0.1, 0.15) is 11.7 Å². The maximum atomic E-state index is 11.0. The Morgan fingerprint density at radius 1 is 1.18 bits per heavy atom. The zero-order valence-electron chi connectivity index (χ0n) is 19.3. The van der Waals surface area contributed by atoms with Crippen molar-refractivity contribution in [3.05, 3.63) is 77.5 Å². The molecule has 2 aliphatic heterocycles. The highest BCUT2D eigenvalue weighted by Crippen LogP contribution is 2.64. The summed E-state index contributed by atoms with van der Waals surface area (Å²) in [5, 5.41) is 22.8. The number of likely N-dealkylation sites (N-methyl/N-ethyl adjacent to an activating group) is 1. The first-order valence-electron chi connectivity index (χ1n) is 11.8. The number of aromatic hydroxyl groups is 1. The summed E-state index contributed by atoms with van der Waals surface area (Å²) in [6.07, 6.45) is 7.54. The third-order valence-corrected chi connectivity index (χ3v) is 8.26. The molecule has 5 heteroatoms. The standard InChI is InChI=1S/C19H23NO3.C9H7N/c1-10-8-11-9-13-12-4-5-18(2,22)17-19(12,6-7-20(13)3)14(11)16(23-17)15(10)21;1-2-6-9-8(4-1)5-3-7-10-9/h4-5,8,12-13,17,21-22H,6-7,9H2,1-3H3;1-7H/t12-,13+,17-,18-,19-;/m0./s1. The van der Waals surface area contributed by atoms with Crippen molar-refractivity contribution in [1.82, 2.24) is 9.88 Å². The highest BCUT2D eigenvalue weighted by atomic mass is 16.5. The van der Waals surface area contributed by atoms with Crippen molar-refractivity contribution in [1.29, 1.82) is 0 Å². The quantitative estimate of drug-likeness (QED) is 0.513. The minimum Gasteiger partial charge on any atom is -0.504 e. The number of pyridine rings is 1. The highest BCUT2D eigenvalue weighted by molar-refractivity contribution is 5.77. The van der Waals surface area contributed by atoms with Crippen LogP contribution in [0.2, 0.25) is 0 Å². The summed E-state index contributed by atoms with van der Waals surface area (Å²) in [4.78, 5) is 6.63. The lowest BCUT2D eigenvalue weighted by atomic mass is 9.51. The van der Waals surface area contributed by atoms with Crippen molar-refractivity contribution >= 4 is 10.9 Å². The van der Waals surface area contributed by atoms with E-state index in [2.05, 4.69) is 41.2 Å². The number of hydrogen-bond donors (Lipinski definition) is 2. The van der Waals surface area contributed by atoms with Crippen molar-refractivity contribution in [2.45, 2.75) is 49.9 Å². The van der Waals surface area contributed by atoms with Crippen LogP contribution in [0.1, 0.15) is 30.0 Å². The summed E-state index contributed by atoms with van der Waals surface area (Å²) in [6, 6.07) is 14.6. The number of aromatic nitrogens is 1. The molecule has 1 aromatic heterocycles. The highest BCUT2D eigenvalue weighted by Gasteiger charge is 2.66. The second kappa shape index (κ2) is 7.05. The maximum absolute atomic E-state index is 11.0. The molecule has 0 amide bonds. The van der Waals surface area contributed by atoms with Gasteiger partial charge >= 0.3 is 0 Å². The number of aryl methyl sites for hydroxylation is 1. The number of benzene rings is 2. The SMILES string of the molecule is Cc1cc2c3c(c1O)O[C@@H]1[C@]34CCN(C)[C@H](C2)[C@@H]4C=C[C@]1(C)O.c1ccc2ncccc2c1. The van der Waals surface area contributed by atoms with Gasteiger partial charge < -0.3 is 19.8 Å². The molecule has 1 saturated heterocycles. The lowest BCUT2D eigenvalue weighted by Gasteiger charge is -2.58. The predicted octanol–water partition coefficient (Wildman–Crippen LogP) is 4.13. The first-order chi connectivity index (χ1) is 15.8. The Hall–Kier alpha value is -2.89. The average Bonchev–Trinajstić information content (AvgIpc) is 3.17. The van der Waals surface area contributed by atoms with E-state index in [0.29, 0.717) is 17.7 Å². The second-order valence-electron chi connectivity index (χ2n) is 10.3. The Balaban J connectivity index is 0.000000173. The second-order valence-corrected chi connectivity index (χ2v) is 10.3. The van der Waals surface area contributed by atoms with Gasteiger partial charge in [-0.15, -0.1) is 0 Å². The van der Waals surface area contributed by atoms with Crippen LogP contribution in [-0.2, 0) is 11.8 Å². The molecule has 1 fully saturated rings. The Morgan fingerprint density at radius 2 is 1.97 bits per heavy atom. The third-order valence-electron chi connectivity index (χ3n) is 8.26. The zero-order chi connectivity index (χ0) is 23.0. The number of likely N-dealkylation sites (tertiary alicyclic amines) is 1. The van der Waals surface area contributed by atoms with Gasteiger partial charge in [0.25, 0.3) is 0 Å². The number of nitrogens with zero attached hydrogens (tertiary/aromatic N) is 2. The van der Waals surface area contributed by atoms with Crippen molar-refractivity contribution in [3.8, 4) is 11.5 Å². The molecule has 2 bridgehead atoms. The molecule has 7 rings (SSSR count). The first kappa shape index (κ1) is 20.7. The van der Waals surface area contributed by atoms with Crippen LogP contribution in [0.15, 0.2) is 60.8 Å². The fourth-order valence-corrected chi connectivity index (χ4v) is 6.74. The molecule has 1 spiro atoms. The molecule has 3 heterocycles. The van der Waals surface area contributed by atoms with Crippen molar-refractivity contribution in [2.75, 3.05) is 13.6 Å². The largest absolute Gasteiger partial charge is 0.504 e. The molecule has 170 valence electrons. The topological polar surface area (TPSA) is 65.8 Å². The number of para-hydroxylation sites is 1. The van der Waals surface area contributed by atoms with E-state index in [0.717, 1.165) is 30.5 Å². The third kappa shape index (κ3) is 2.82. The Morgan fingerprint density at radius 3 is 2.79 bits per heavy atom. The zero-order valence-corrected chi connectivity index (χ0v) is 19.3. The minimum atomic E-state index is -1.01. The number of ether oxygens (including phenoxy) is 1. The molecular formula is C28H30N2O3. The molecule has 2 aromatic carbocycles. The molecule has 5 atom stereocenters. The molecule has 0 saturated carbocycles. The predicted molar refractivity (Wildman–Crippen MR) is 129 cm³/mol. The van der Waals surface area contributed by atoms with Gasteiger partial charge in [0.2, 0.25) is 0 Å². The Kier molecular flexibility index (Phi) is 4.42. The molecule has 33 heavy (non-hydrogen) atoms. The van der Waals surface area contributed by atoms with E-state index in [9.17, 15) is 10.2 Å². The summed E-state index contributed by atoms with van der Waals surface area (Å²) in [6.45, 7) is 4.76. The fraction of sp³-hybridized carbons (Fsp3) is 0.393. The molecule has 4 aliphatic rings. The number of phenols is 1. The van der Waals surface area contributed by atoms with E-state index in [1.807, 2.05) is 50.4 Å². The van der Waals surface area contributed by atoms with Gasteiger partial charge in [-0.25, -0.2) is 0 Å². The smallest absolute Gasteiger partial charge is 0.166 e. The normalized spacial score (nSPS) is 33.2. The number of piperidine rings is 1. The van der Waals surface area contributed by atoms with Gasteiger partial charge in [-0.3, -0.25) is 4.98 Å². The molecule has 0 unspecified atom stereocenters. The molecule has 3 aromatic rings. The van der Waals surface area contributed by atoms with Gasteiger partial charge in [-0.05, 0) is 63.5 Å². The van der Waals surface area contributed by atoms with Crippen molar-refractivity contribution in [2.24, 2.45) is 5.92 Å². The number of hydrogen-bond acceptors (Lipinski definition) is 5. The van der Waals surface area contributed by atoms with Crippen molar-refractivity contribution in [3.63, 3.8) is 0 Å². The van der Waals surface area contributed by atoms with Gasteiger partial charge in [0.05, 0.1) is 5.52 Å². The van der Waals surface area contributed by atoms with Crippen LogP contribution in [0.3, 0.4) is 0 Å². The van der Waals surface area contributed by atoms with Crippen LogP contribution < -0.4 is 4.74 Å². The lowest BCUT2D eigenvalue weighted by molar-refractivity contribution is -0.0891. The van der Waals surface area contributed by atoms with Crippen LogP contribution in [0, 0.1) is 12.8 Å². The van der Waals surface area contributed by atoms with Crippen LogP contribution in [0.5, 0.6) is 11.5 Å². The molecular weight excluding hydrogens is 412 g/mol. The molecule has 5 nitrogen and oxygen atoms in total.